The monoisotopic (exact) mass is 349 g/mol. The van der Waals surface area contributed by atoms with Crippen LogP contribution in [0.1, 0.15) is 71.8 Å². The van der Waals surface area contributed by atoms with E-state index in [1.54, 1.807) is 0 Å². The van der Waals surface area contributed by atoms with Gasteiger partial charge in [0.05, 0.1) is 6.61 Å². The van der Waals surface area contributed by atoms with E-state index in [4.69, 9.17) is 9.47 Å². The predicted octanol–water partition coefficient (Wildman–Crippen LogP) is 5.49. The summed E-state index contributed by atoms with van der Waals surface area (Å²) >= 11 is 0. The van der Waals surface area contributed by atoms with Crippen LogP contribution in [-0.4, -0.2) is 24.7 Å². The van der Waals surface area contributed by atoms with Gasteiger partial charge in [0.25, 0.3) is 5.91 Å². The van der Waals surface area contributed by atoms with Crippen LogP contribution in [0.2, 0.25) is 0 Å². The minimum absolute atomic E-state index is 0.0755. The van der Waals surface area contributed by atoms with Gasteiger partial charge in [-0.3, -0.25) is 4.79 Å². The number of aryl methyl sites for hydroxylation is 1. The number of hydrogen-bond donors (Lipinski definition) is 1. The molecule has 0 saturated carbocycles. The molecule has 1 rings (SSSR count). The van der Waals surface area contributed by atoms with Gasteiger partial charge in [-0.2, -0.15) is 0 Å². The second kappa shape index (κ2) is 11.1. The number of unbranched alkanes of at least 4 members (excludes halogenated alkanes) is 2. The van der Waals surface area contributed by atoms with Crippen LogP contribution in [0.4, 0.5) is 5.69 Å². The van der Waals surface area contributed by atoms with Crippen LogP contribution in [0.5, 0.6) is 5.75 Å². The highest BCUT2D eigenvalue weighted by atomic mass is 16.5. The molecular weight excluding hydrogens is 314 g/mol. The highest BCUT2D eigenvalue weighted by Crippen LogP contribution is 2.25. The second-order valence-corrected chi connectivity index (χ2v) is 6.82. The van der Waals surface area contributed by atoms with Gasteiger partial charge in [0.2, 0.25) is 0 Å². The van der Waals surface area contributed by atoms with Gasteiger partial charge in [0.1, 0.15) is 11.4 Å². The Kier molecular flexibility index (Phi) is 9.58. The van der Waals surface area contributed by atoms with E-state index in [1.807, 2.05) is 32.0 Å². The molecule has 0 aliphatic heterocycles. The zero-order chi connectivity index (χ0) is 18.7. The molecule has 4 heteroatoms. The van der Waals surface area contributed by atoms with Gasteiger partial charge in [-0.25, -0.2) is 0 Å². The van der Waals surface area contributed by atoms with Crippen molar-refractivity contribution in [1.29, 1.82) is 0 Å². The first-order valence-electron chi connectivity index (χ1n) is 9.65. The van der Waals surface area contributed by atoms with Crippen molar-refractivity contribution in [3.8, 4) is 5.75 Å². The molecule has 0 aliphatic rings. The van der Waals surface area contributed by atoms with Crippen LogP contribution in [0.3, 0.4) is 0 Å². The Morgan fingerprint density at radius 2 is 1.80 bits per heavy atom. The van der Waals surface area contributed by atoms with E-state index in [9.17, 15) is 4.79 Å². The molecule has 142 valence electrons. The molecule has 1 atom stereocenters. The third kappa shape index (κ3) is 7.07. The maximum absolute atomic E-state index is 12.8. The third-order valence-corrected chi connectivity index (χ3v) is 4.30. The van der Waals surface area contributed by atoms with Crippen molar-refractivity contribution in [3.63, 3.8) is 0 Å². The number of rotatable bonds is 12. The molecule has 1 aromatic rings. The first-order valence-corrected chi connectivity index (χ1v) is 9.65. The Morgan fingerprint density at radius 1 is 1.08 bits per heavy atom. The number of carbonyl (C=O) groups is 1. The quantitative estimate of drug-likeness (QED) is 0.508. The summed E-state index contributed by atoms with van der Waals surface area (Å²) < 4.78 is 11.7. The topological polar surface area (TPSA) is 47.6 Å². The van der Waals surface area contributed by atoms with Gasteiger partial charge < -0.3 is 14.8 Å². The fourth-order valence-corrected chi connectivity index (χ4v) is 2.57. The lowest BCUT2D eigenvalue weighted by atomic mass is 9.97. The lowest BCUT2D eigenvalue weighted by Crippen LogP contribution is -2.43. The zero-order valence-electron chi connectivity index (χ0n) is 16.6. The molecule has 0 fully saturated rings. The van der Waals surface area contributed by atoms with Gasteiger partial charge in [-0.15, -0.1) is 0 Å². The SMILES string of the molecule is CCCCOc1ccc(NC(=O)[C@](C)(CCCC)OCCC)cc1C. The number of benzene rings is 1. The average Bonchev–Trinajstić information content (AvgIpc) is 2.60. The average molecular weight is 350 g/mol. The van der Waals surface area contributed by atoms with Crippen molar-refractivity contribution in [3.05, 3.63) is 23.8 Å². The van der Waals surface area contributed by atoms with E-state index in [0.717, 1.165) is 62.1 Å². The van der Waals surface area contributed by atoms with Crippen molar-refractivity contribution in [1.82, 2.24) is 0 Å². The van der Waals surface area contributed by atoms with Crippen LogP contribution < -0.4 is 10.1 Å². The molecule has 1 N–H and O–H groups in total. The first-order chi connectivity index (χ1) is 12.0. The largest absolute Gasteiger partial charge is 0.493 e. The molecular formula is C21H35NO3. The maximum Gasteiger partial charge on any atom is 0.256 e. The second-order valence-electron chi connectivity index (χ2n) is 6.82. The van der Waals surface area contributed by atoms with Gasteiger partial charge in [-0.1, -0.05) is 40.0 Å². The van der Waals surface area contributed by atoms with E-state index >= 15 is 0 Å². The number of nitrogens with one attached hydrogen (secondary N) is 1. The van der Waals surface area contributed by atoms with Crippen molar-refractivity contribution in [2.24, 2.45) is 0 Å². The fourth-order valence-electron chi connectivity index (χ4n) is 2.57. The molecule has 0 saturated heterocycles. The van der Waals surface area contributed by atoms with Gasteiger partial charge in [0, 0.05) is 12.3 Å². The number of anilines is 1. The predicted molar refractivity (Wildman–Crippen MR) is 104 cm³/mol. The minimum Gasteiger partial charge on any atom is -0.493 e. The highest BCUT2D eigenvalue weighted by Gasteiger charge is 2.33. The molecule has 4 nitrogen and oxygen atoms in total. The van der Waals surface area contributed by atoms with Gasteiger partial charge in [-0.05, 0) is 56.9 Å². The Labute approximate surface area is 153 Å². The summed E-state index contributed by atoms with van der Waals surface area (Å²) in [6.45, 7) is 11.5. The Hall–Kier alpha value is -1.55. The maximum atomic E-state index is 12.8. The normalized spacial score (nSPS) is 13.3. The van der Waals surface area contributed by atoms with Gasteiger partial charge in [0.15, 0.2) is 0 Å². The summed E-state index contributed by atoms with van der Waals surface area (Å²) in [4.78, 5) is 12.8. The lowest BCUT2D eigenvalue weighted by Gasteiger charge is -2.28. The number of hydrogen-bond acceptors (Lipinski definition) is 3. The molecule has 1 aromatic carbocycles. The smallest absolute Gasteiger partial charge is 0.256 e. The van der Waals surface area contributed by atoms with Crippen molar-refractivity contribution in [2.45, 2.75) is 78.7 Å². The highest BCUT2D eigenvalue weighted by molar-refractivity contribution is 5.97. The van der Waals surface area contributed by atoms with Crippen molar-refractivity contribution >= 4 is 11.6 Å². The Morgan fingerprint density at radius 3 is 2.40 bits per heavy atom. The first kappa shape index (κ1) is 21.5. The Bertz CT molecular complexity index is 520. The summed E-state index contributed by atoms with van der Waals surface area (Å²) in [6.07, 6.45) is 5.80. The molecule has 0 heterocycles. The standard InChI is InChI=1S/C21H35NO3/c1-6-9-13-21(5,25-14-8-3)20(23)22-18-11-12-19(17(4)16-18)24-15-10-7-2/h11-12,16H,6-10,13-15H2,1-5H3,(H,22,23)/t21-/m0/s1. The summed E-state index contributed by atoms with van der Waals surface area (Å²) in [5.41, 5.74) is 1.03. The van der Waals surface area contributed by atoms with Crippen LogP contribution in [0.25, 0.3) is 0 Å². The Balaban J connectivity index is 2.76. The summed E-state index contributed by atoms with van der Waals surface area (Å²) in [5, 5.41) is 3.02. The molecule has 25 heavy (non-hydrogen) atoms. The van der Waals surface area contributed by atoms with Gasteiger partial charge >= 0.3 is 0 Å². The van der Waals surface area contributed by atoms with E-state index in [-0.39, 0.29) is 5.91 Å². The van der Waals surface area contributed by atoms with Crippen LogP contribution >= 0.6 is 0 Å². The van der Waals surface area contributed by atoms with E-state index in [2.05, 4.69) is 26.1 Å². The fraction of sp³-hybridized carbons (Fsp3) is 0.667. The molecule has 0 unspecified atom stereocenters. The lowest BCUT2D eigenvalue weighted by molar-refractivity contribution is -0.140. The third-order valence-electron chi connectivity index (χ3n) is 4.30. The molecule has 0 aromatic heterocycles. The number of carbonyl (C=O) groups excluding carboxylic acids is 1. The molecule has 0 spiro atoms. The van der Waals surface area contributed by atoms with E-state index < -0.39 is 5.60 Å². The minimum atomic E-state index is -0.782. The molecule has 0 bridgehead atoms. The summed E-state index contributed by atoms with van der Waals surface area (Å²) in [7, 11) is 0. The van der Waals surface area contributed by atoms with Crippen molar-refractivity contribution < 1.29 is 14.3 Å². The van der Waals surface area contributed by atoms with E-state index in [0.29, 0.717) is 6.61 Å². The zero-order valence-corrected chi connectivity index (χ0v) is 16.6. The number of amides is 1. The summed E-state index contributed by atoms with van der Waals surface area (Å²) in [5.74, 6) is 0.802. The van der Waals surface area contributed by atoms with Crippen LogP contribution in [-0.2, 0) is 9.53 Å². The molecule has 0 aliphatic carbocycles. The van der Waals surface area contributed by atoms with E-state index in [1.165, 1.54) is 0 Å². The van der Waals surface area contributed by atoms with Crippen LogP contribution in [0.15, 0.2) is 18.2 Å². The number of ether oxygens (including phenoxy) is 2. The molecule has 0 radical (unpaired) electrons. The molecule has 1 amide bonds. The van der Waals surface area contributed by atoms with Crippen molar-refractivity contribution in [2.75, 3.05) is 18.5 Å². The summed E-state index contributed by atoms with van der Waals surface area (Å²) in [6, 6.07) is 5.78. The van der Waals surface area contributed by atoms with Crippen LogP contribution in [0, 0.1) is 6.92 Å².